The average Bonchev–Trinajstić information content (AvgIpc) is 2.46. The van der Waals surface area contributed by atoms with Crippen molar-refractivity contribution in [2.24, 2.45) is 16.1 Å². The van der Waals surface area contributed by atoms with Crippen molar-refractivity contribution in [2.45, 2.75) is 95.1 Å². The molecule has 0 N–H and O–H groups in total. The van der Waals surface area contributed by atoms with Crippen molar-refractivity contribution in [3.8, 4) is 0 Å². The summed E-state index contributed by atoms with van der Waals surface area (Å²) >= 11 is 0. The van der Waals surface area contributed by atoms with Crippen molar-refractivity contribution in [3.05, 3.63) is 20.9 Å². The van der Waals surface area contributed by atoms with Gasteiger partial charge in [0.2, 0.25) is 0 Å². The van der Waals surface area contributed by atoms with Crippen molar-refractivity contribution in [1.29, 1.82) is 0 Å². The predicted octanol–water partition coefficient (Wildman–Crippen LogP) is 6.43. The van der Waals surface area contributed by atoms with Gasteiger partial charge in [0.1, 0.15) is 0 Å². The van der Waals surface area contributed by atoms with Gasteiger partial charge in [-0.25, -0.2) is 0 Å². The Bertz CT molecular complexity index is 430. The van der Waals surface area contributed by atoms with E-state index in [4.69, 9.17) is 11.1 Å². The molecule has 2 fully saturated rings. The summed E-state index contributed by atoms with van der Waals surface area (Å²) in [5.74, 6) is 0.508. The molecule has 6 heteroatoms. The van der Waals surface area contributed by atoms with Crippen LogP contribution in [0.15, 0.2) is 10.2 Å². The van der Waals surface area contributed by atoms with Gasteiger partial charge in [-0.3, -0.25) is 0 Å². The maximum Gasteiger partial charge on any atom is 0.0516 e. The molecular weight excluding hydrogens is 276 g/mol. The molecule has 0 bridgehead atoms. The summed E-state index contributed by atoms with van der Waals surface area (Å²) in [7, 11) is 0. The van der Waals surface area contributed by atoms with Gasteiger partial charge in [0.15, 0.2) is 0 Å². The van der Waals surface area contributed by atoms with E-state index in [1.54, 1.807) is 0 Å². The summed E-state index contributed by atoms with van der Waals surface area (Å²) in [5, 5.41) is 8.29. The van der Waals surface area contributed by atoms with E-state index >= 15 is 0 Å². The van der Waals surface area contributed by atoms with E-state index in [1.807, 2.05) is 0 Å². The Morgan fingerprint density at radius 3 is 2.09 bits per heavy atom. The third kappa shape index (κ3) is 4.56. The fourth-order valence-corrected chi connectivity index (χ4v) is 4.36. The lowest BCUT2D eigenvalue weighted by Gasteiger charge is -2.40. The zero-order valence-electron chi connectivity index (χ0n) is 13.5. The highest BCUT2D eigenvalue weighted by Gasteiger charge is 2.38. The molecule has 0 spiro atoms. The predicted molar refractivity (Wildman–Crippen MR) is 88.3 cm³/mol. The molecule has 2 rings (SSSR count). The number of nitrogens with zero attached hydrogens (tertiary/aromatic N) is 6. The van der Waals surface area contributed by atoms with Crippen LogP contribution < -0.4 is 0 Å². The minimum Gasteiger partial charge on any atom is -0.0906 e. The first-order valence-corrected chi connectivity index (χ1v) is 8.91. The lowest BCUT2D eigenvalue weighted by atomic mass is 9.70. The molecule has 2 atom stereocenters. The van der Waals surface area contributed by atoms with Crippen LogP contribution in [0.1, 0.15) is 83.5 Å². The SMILES string of the molecule is [N-]=[N+]=NC1CCCCC(N=[N+]=[N-])(C2CCCCCCC2)CC1. The monoisotopic (exact) mass is 304 g/mol. The first kappa shape index (κ1) is 17.0. The molecular formula is C16H28N6. The summed E-state index contributed by atoms with van der Waals surface area (Å²) in [6.45, 7) is 0. The maximum atomic E-state index is 9.15. The van der Waals surface area contributed by atoms with Crippen molar-refractivity contribution in [3.63, 3.8) is 0 Å². The largest absolute Gasteiger partial charge is 0.0906 e. The van der Waals surface area contributed by atoms with E-state index in [0.717, 1.165) is 38.5 Å². The topological polar surface area (TPSA) is 97.5 Å². The summed E-state index contributed by atoms with van der Waals surface area (Å²) in [5.41, 5.74) is 17.6. The van der Waals surface area contributed by atoms with Gasteiger partial charge in [-0.2, -0.15) is 0 Å². The van der Waals surface area contributed by atoms with Crippen LogP contribution in [-0.4, -0.2) is 11.6 Å². The van der Waals surface area contributed by atoms with Gasteiger partial charge in [-0.1, -0.05) is 55.2 Å². The Hall–Kier alpha value is -1.38. The molecule has 0 heterocycles. The van der Waals surface area contributed by atoms with Crippen LogP contribution in [0.25, 0.3) is 20.9 Å². The average molecular weight is 304 g/mol. The van der Waals surface area contributed by atoms with E-state index < -0.39 is 0 Å². The molecule has 22 heavy (non-hydrogen) atoms. The first-order chi connectivity index (χ1) is 10.8. The van der Waals surface area contributed by atoms with E-state index in [-0.39, 0.29) is 11.6 Å². The van der Waals surface area contributed by atoms with Crippen LogP contribution >= 0.6 is 0 Å². The molecule has 2 aliphatic carbocycles. The quantitative estimate of drug-likeness (QED) is 0.326. The molecule has 2 saturated carbocycles. The van der Waals surface area contributed by atoms with Crippen LogP contribution in [0, 0.1) is 5.92 Å². The van der Waals surface area contributed by atoms with Gasteiger partial charge < -0.3 is 0 Å². The van der Waals surface area contributed by atoms with Crippen LogP contribution in [0.3, 0.4) is 0 Å². The molecule has 6 nitrogen and oxygen atoms in total. The second kappa shape index (κ2) is 8.92. The Kier molecular flexibility index (Phi) is 6.88. The zero-order valence-corrected chi connectivity index (χ0v) is 13.5. The maximum absolute atomic E-state index is 9.15. The Balaban J connectivity index is 2.16. The van der Waals surface area contributed by atoms with Crippen LogP contribution in [0.4, 0.5) is 0 Å². The van der Waals surface area contributed by atoms with Crippen LogP contribution in [0.2, 0.25) is 0 Å². The second-order valence-electron chi connectivity index (χ2n) is 6.98. The molecule has 0 aromatic heterocycles. The highest BCUT2D eigenvalue weighted by atomic mass is 15.2. The van der Waals surface area contributed by atoms with Gasteiger partial charge in [-0.05, 0) is 55.5 Å². The summed E-state index contributed by atoms with van der Waals surface area (Å²) in [6.07, 6.45) is 14.7. The number of azide groups is 2. The highest BCUT2D eigenvalue weighted by Crippen LogP contribution is 2.42. The minimum absolute atomic E-state index is 0.0760. The molecule has 2 aliphatic rings. The molecule has 122 valence electrons. The van der Waals surface area contributed by atoms with Gasteiger partial charge in [0, 0.05) is 15.9 Å². The summed E-state index contributed by atoms with van der Waals surface area (Å²) < 4.78 is 0. The smallest absolute Gasteiger partial charge is 0.0516 e. The lowest BCUT2D eigenvalue weighted by molar-refractivity contribution is 0.173. The first-order valence-electron chi connectivity index (χ1n) is 8.91. The van der Waals surface area contributed by atoms with Crippen LogP contribution in [-0.2, 0) is 0 Å². The summed E-state index contributed by atoms with van der Waals surface area (Å²) in [6, 6.07) is 0.0760. The molecule has 2 unspecified atom stereocenters. The Labute approximate surface area is 132 Å². The third-order valence-corrected chi connectivity index (χ3v) is 5.63. The van der Waals surface area contributed by atoms with Crippen molar-refractivity contribution in [2.75, 3.05) is 0 Å². The lowest BCUT2D eigenvalue weighted by Crippen LogP contribution is -2.38. The molecule has 0 aromatic carbocycles. The third-order valence-electron chi connectivity index (χ3n) is 5.63. The Morgan fingerprint density at radius 2 is 1.41 bits per heavy atom. The second-order valence-corrected chi connectivity index (χ2v) is 6.98. The van der Waals surface area contributed by atoms with Crippen molar-refractivity contribution in [1.82, 2.24) is 0 Å². The standard InChI is InChI=1S/C16H28N6/c17-21-19-15-10-6-7-12-16(13-11-15,20-22-18)14-8-4-2-1-3-5-9-14/h14-15H,1-13H2. The van der Waals surface area contributed by atoms with Gasteiger partial charge in [0.25, 0.3) is 0 Å². The normalized spacial score (nSPS) is 31.5. The van der Waals surface area contributed by atoms with E-state index in [1.165, 1.54) is 44.9 Å². The van der Waals surface area contributed by atoms with E-state index in [0.29, 0.717) is 5.92 Å². The highest BCUT2D eigenvalue weighted by molar-refractivity contribution is 4.97. The fourth-order valence-electron chi connectivity index (χ4n) is 4.36. The van der Waals surface area contributed by atoms with Crippen LogP contribution in [0.5, 0.6) is 0 Å². The van der Waals surface area contributed by atoms with Gasteiger partial charge in [0.05, 0.1) is 5.54 Å². The van der Waals surface area contributed by atoms with E-state index in [9.17, 15) is 0 Å². The molecule has 0 aromatic rings. The molecule has 0 radical (unpaired) electrons. The fraction of sp³-hybridized carbons (Fsp3) is 1.00. The van der Waals surface area contributed by atoms with Crippen molar-refractivity contribution >= 4 is 0 Å². The molecule has 0 saturated heterocycles. The summed E-state index contributed by atoms with van der Waals surface area (Å²) in [4.78, 5) is 6.21. The Morgan fingerprint density at radius 1 is 0.727 bits per heavy atom. The number of rotatable bonds is 3. The zero-order chi connectivity index (χ0) is 15.7. The van der Waals surface area contributed by atoms with Gasteiger partial charge in [-0.15, -0.1) is 0 Å². The number of hydrogen-bond donors (Lipinski definition) is 0. The van der Waals surface area contributed by atoms with Gasteiger partial charge >= 0.3 is 0 Å². The minimum atomic E-state index is -0.240. The van der Waals surface area contributed by atoms with Crippen molar-refractivity contribution < 1.29 is 0 Å². The molecule has 0 aliphatic heterocycles. The molecule has 0 amide bonds. The number of hydrogen-bond acceptors (Lipinski definition) is 2. The van der Waals surface area contributed by atoms with E-state index in [2.05, 4.69) is 20.1 Å².